The van der Waals surface area contributed by atoms with Crippen LogP contribution >= 0.6 is 0 Å². The maximum Gasteiger partial charge on any atom is 0.247 e. The summed E-state index contributed by atoms with van der Waals surface area (Å²) in [5, 5.41) is 5.67. The lowest BCUT2D eigenvalue weighted by Crippen LogP contribution is -2.51. The SMILES string of the molecule is CC(C)CC(N)C(=O)N1CCC(C(=O)NC(Cc2ccccc2)C(=O)Nc2ccc(F)cc2)CC1. The van der Waals surface area contributed by atoms with Crippen molar-refractivity contribution in [3.05, 3.63) is 66.0 Å². The summed E-state index contributed by atoms with van der Waals surface area (Å²) in [5.74, 6) is -1.01. The molecule has 1 heterocycles. The lowest BCUT2D eigenvalue weighted by atomic mass is 9.94. The van der Waals surface area contributed by atoms with Gasteiger partial charge in [-0.3, -0.25) is 14.4 Å². The zero-order valence-corrected chi connectivity index (χ0v) is 20.4. The van der Waals surface area contributed by atoms with Gasteiger partial charge in [0, 0.05) is 31.1 Å². The molecular weight excluding hydrogens is 447 g/mol. The Morgan fingerprint density at radius 2 is 1.66 bits per heavy atom. The Kier molecular flexibility index (Phi) is 9.37. The molecule has 0 bridgehead atoms. The van der Waals surface area contributed by atoms with Crippen LogP contribution in [0.5, 0.6) is 0 Å². The van der Waals surface area contributed by atoms with Crippen molar-refractivity contribution in [2.45, 2.75) is 51.6 Å². The first-order valence-electron chi connectivity index (χ1n) is 12.2. The molecule has 188 valence electrons. The number of carbonyl (C=O) groups is 3. The molecule has 2 aromatic carbocycles. The molecule has 1 saturated heterocycles. The Morgan fingerprint density at radius 3 is 2.26 bits per heavy atom. The van der Waals surface area contributed by atoms with Gasteiger partial charge in [-0.15, -0.1) is 0 Å². The third-order valence-electron chi connectivity index (χ3n) is 6.25. The average molecular weight is 483 g/mol. The highest BCUT2D eigenvalue weighted by Crippen LogP contribution is 2.20. The third kappa shape index (κ3) is 7.89. The lowest BCUT2D eigenvalue weighted by Gasteiger charge is -2.33. The molecule has 1 fully saturated rings. The number of amides is 3. The van der Waals surface area contributed by atoms with Crippen LogP contribution in [0.3, 0.4) is 0 Å². The van der Waals surface area contributed by atoms with Gasteiger partial charge in [-0.25, -0.2) is 4.39 Å². The second-order valence-electron chi connectivity index (χ2n) is 9.58. The fourth-order valence-electron chi connectivity index (χ4n) is 4.32. The van der Waals surface area contributed by atoms with Crippen LogP contribution in [0, 0.1) is 17.7 Å². The van der Waals surface area contributed by atoms with Gasteiger partial charge >= 0.3 is 0 Å². The molecule has 3 rings (SSSR count). The second-order valence-corrected chi connectivity index (χ2v) is 9.58. The van der Waals surface area contributed by atoms with Gasteiger partial charge in [0.15, 0.2) is 0 Å². The topological polar surface area (TPSA) is 105 Å². The van der Waals surface area contributed by atoms with E-state index < -0.39 is 17.9 Å². The fourth-order valence-corrected chi connectivity index (χ4v) is 4.32. The Hall–Kier alpha value is -3.26. The van der Waals surface area contributed by atoms with Crippen molar-refractivity contribution in [1.82, 2.24) is 10.2 Å². The van der Waals surface area contributed by atoms with Crippen LogP contribution in [0.4, 0.5) is 10.1 Å². The summed E-state index contributed by atoms with van der Waals surface area (Å²) in [6.07, 6.45) is 1.98. The van der Waals surface area contributed by atoms with Gasteiger partial charge in [0.1, 0.15) is 11.9 Å². The van der Waals surface area contributed by atoms with E-state index in [0.717, 1.165) is 5.56 Å². The van der Waals surface area contributed by atoms with E-state index >= 15 is 0 Å². The summed E-state index contributed by atoms with van der Waals surface area (Å²) in [4.78, 5) is 40.5. The molecule has 0 radical (unpaired) electrons. The van der Waals surface area contributed by atoms with Crippen LogP contribution in [-0.2, 0) is 20.8 Å². The summed E-state index contributed by atoms with van der Waals surface area (Å²) in [5.41, 5.74) is 7.41. The molecule has 1 aliphatic heterocycles. The highest BCUT2D eigenvalue weighted by atomic mass is 19.1. The second kappa shape index (κ2) is 12.4. The van der Waals surface area contributed by atoms with Gasteiger partial charge < -0.3 is 21.3 Å². The number of rotatable bonds is 9. The maximum absolute atomic E-state index is 13.2. The van der Waals surface area contributed by atoms with Crippen LogP contribution in [0.1, 0.15) is 38.7 Å². The van der Waals surface area contributed by atoms with Gasteiger partial charge in [-0.05, 0) is 55.0 Å². The van der Waals surface area contributed by atoms with Gasteiger partial charge in [0.2, 0.25) is 17.7 Å². The number of hydrogen-bond donors (Lipinski definition) is 3. The molecule has 0 aromatic heterocycles. The number of benzene rings is 2. The number of hydrogen-bond acceptors (Lipinski definition) is 4. The van der Waals surface area contributed by atoms with Gasteiger partial charge in [0.25, 0.3) is 0 Å². The molecule has 35 heavy (non-hydrogen) atoms. The van der Waals surface area contributed by atoms with Crippen molar-refractivity contribution in [3.8, 4) is 0 Å². The zero-order chi connectivity index (χ0) is 25.4. The van der Waals surface area contributed by atoms with Crippen molar-refractivity contribution in [3.63, 3.8) is 0 Å². The van der Waals surface area contributed by atoms with E-state index in [9.17, 15) is 18.8 Å². The number of piperidine rings is 1. The van der Waals surface area contributed by atoms with Crippen LogP contribution in [0.25, 0.3) is 0 Å². The Morgan fingerprint density at radius 1 is 1.03 bits per heavy atom. The van der Waals surface area contributed by atoms with Crippen LogP contribution in [-0.4, -0.2) is 47.8 Å². The molecule has 0 aliphatic carbocycles. The Bertz CT molecular complexity index is 989. The number of nitrogens with one attached hydrogen (secondary N) is 2. The highest BCUT2D eigenvalue weighted by molar-refractivity contribution is 5.97. The van der Waals surface area contributed by atoms with E-state index in [-0.39, 0.29) is 23.6 Å². The van der Waals surface area contributed by atoms with E-state index in [1.807, 2.05) is 44.2 Å². The van der Waals surface area contributed by atoms with E-state index in [4.69, 9.17) is 5.73 Å². The molecule has 0 saturated carbocycles. The largest absolute Gasteiger partial charge is 0.344 e. The number of carbonyl (C=O) groups excluding carboxylic acids is 3. The van der Waals surface area contributed by atoms with Crippen LogP contribution in [0.15, 0.2) is 54.6 Å². The molecule has 8 heteroatoms. The first-order valence-corrected chi connectivity index (χ1v) is 12.2. The monoisotopic (exact) mass is 482 g/mol. The van der Waals surface area contributed by atoms with Crippen LogP contribution in [0.2, 0.25) is 0 Å². The zero-order valence-electron chi connectivity index (χ0n) is 20.4. The van der Waals surface area contributed by atoms with Crippen molar-refractivity contribution < 1.29 is 18.8 Å². The lowest BCUT2D eigenvalue weighted by molar-refractivity contribution is -0.137. The summed E-state index contributed by atoms with van der Waals surface area (Å²) >= 11 is 0. The molecule has 4 N–H and O–H groups in total. The predicted octanol–water partition coefficient (Wildman–Crippen LogP) is 3.10. The average Bonchev–Trinajstić information content (AvgIpc) is 2.84. The molecule has 3 amide bonds. The molecular formula is C27H35FN4O3. The van der Waals surface area contributed by atoms with Crippen molar-refractivity contribution in [2.75, 3.05) is 18.4 Å². The minimum absolute atomic E-state index is 0.0711. The third-order valence-corrected chi connectivity index (χ3v) is 6.25. The number of nitrogens with two attached hydrogens (primary N) is 1. The molecule has 0 spiro atoms. The molecule has 2 unspecified atom stereocenters. The van der Waals surface area contributed by atoms with Crippen LogP contribution < -0.4 is 16.4 Å². The maximum atomic E-state index is 13.2. The smallest absolute Gasteiger partial charge is 0.247 e. The first kappa shape index (κ1) is 26.3. The van der Waals surface area contributed by atoms with E-state index in [1.54, 1.807) is 4.90 Å². The van der Waals surface area contributed by atoms with E-state index in [0.29, 0.717) is 50.4 Å². The van der Waals surface area contributed by atoms with Gasteiger partial charge in [0.05, 0.1) is 6.04 Å². The Labute approximate surface area is 206 Å². The summed E-state index contributed by atoms with van der Waals surface area (Å²) in [6.45, 7) is 4.99. The highest BCUT2D eigenvalue weighted by Gasteiger charge is 2.31. The van der Waals surface area contributed by atoms with E-state index in [2.05, 4.69) is 10.6 Å². The van der Waals surface area contributed by atoms with Gasteiger partial charge in [-0.1, -0.05) is 44.2 Å². The molecule has 2 aromatic rings. The quantitative estimate of drug-likeness (QED) is 0.511. The first-order chi connectivity index (χ1) is 16.7. The summed E-state index contributed by atoms with van der Waals surface area (Å²) < 4.78 is 13.2. The van der Waals surface area contributed by atoms with Gasteiger partial charge in [-0.2, -0.15) is 0 Å². The fraction of sp³-hybridized carbons (Fsp3) is 0.444. The predicted molar refractivity (Wildman–Crippen MR) is 134 cm³/mol. The summed E-state index contributed by atoms with van der Waals surface area (Å²) in [7, 11) is 0. The number of nitrogens with zero attached hydrogens (tertiary/aromatic N) is 1. The Balaban J connectivity index is 1.61. The van der Waals surface area contributed by atoms with Crippen molar-refractivity contribution in [1.29, 1.82) is 0 Å². The number of halogens is 1. The molecule has 7 nitrogen and oxygen atoms in total. The molecule has 1 aliphatic rings. The number of likely N-dealkylation sites (tertiary alicyclic amines) is 1. The normalized spacial score (nSPS) is 16.0. The van der Waals surface area contributed by atoms with Crippen molar-refractivity contribution in [2.24, 2.45) is 17.6 Å². The standard InChI is InChI=1S/C27H35FN4O3/c1-18(2)16-23(29)27(35)32-14-12-20(13-15-32)25(33)31-24(17-19-6-4-3-5-7-19)26(34)30-22-10-8-21(28)9-11-22/h3-11,18,20,23-24H,12-17,29H2,1-2H3,(H,30,34)(H,31,33). The van der Waals surface area contributed by atoms with E-state index in [1.165, 1.54) is 24.3 Å². The molecule has 2 atom stereocenters. The number of anilines is 1. The minimum Gasteiger partial charge on any atom is -0.344 e. The summed E-state index contributed by atoms with van der Waals surface area (Å²) in [6, 6.07) is 13.6. The minimum atomic E-state index is -0.797. The van der Waals surface area contributed by atoms with Crippen molar-refractivity contribution >= 4 is 23.4 Å².